The summed E-state index contributed by atoms with van der Waals surface area (Å²) in [5, 5.41) is 7.33. The number of benzene rings is 1. The van der Waals surface area contributed by atoms with Gasteiger partial charge in [0.15, 0.2) is 0 Å². The number of ether oxygens (including phenoxy) is 1. The van der Waals surface area contributed by atoms with Crippen molar-refractivity contribution in [3.63, 3.8) is 0 Å². The quantitative estimate of drug-likeness (QED) is 0.629. The van der Waals surface area contributed by atoms with Crippen LogP contribution in [0, 0.1) is 17.2 Å². The fraction of sp³-hybridized carbons (Fsp3) is 0.533. The van der Waals surface area contributed by atoms with Gasteiger partial charge in [-0.15, -0.1) is 0 Å². The predicted molar refractivity (Wildman–Crippen MR) is 77.7 cm³/mol. The highest BCUT2D eigenvalue weighted by Crippen LogP contribution is 2.21. The minimum absolute atomic E-state index is 0.0894. The minimum Gasteiger partial charge on any atom is -0.492 e. The van der Waals surface area contributed by atoms with E-state index in [1.54, 1.807) is 0 Å². The normalized spacial score (nSPS) is 23.5. The molecule has 1 aromatic carbocycles. The second-order valence-corrected chi connectivity index (χ2v) is 5.50. The number of nitrogens with zero attached hydrogens (tertiary/aromatic N) is 1. The third kappa shape index (κ3) is 3.70. The molecule has 0 bridgehead atoms. The fourth-order valence-electron chi connectivity index (χ4n) is 2.45. The average Bonchev–Trinajstić information content (AvgIpc) is 2.69. The smallest absolute Gasteiger partial charge is 0.122 e. The Balaban J connectivity index is 1.75. The summed E-state index contributed by atoms with van der Waals surface area (Å²) in [5.74, 6) is 2.50. The van der Waals surface area contributed by atoms with E-state index in [9.17, 15) is 0 Å². The zero-order chi connectivity index (χ0) is 13.8. The number of nitrogens with one attached hydrogen (secondary N) is 1. The maximum absolute atomic E-state index is 7.33. The molecular formula is C15H23N3O. The van der Waals surface area contributed by atoms with Crippen LogP contribution in [-0.4, -0.2) is 37.0 Å². The van der Waals surface area contributed by atoms with Crippen molar-refractivity contribution in [2.45, 2.75) is 13.8 Å². The Labute approximate surface area is 115 Å². The van der Waals surface area contributed by atoms with E-state index in [0.29, 0.717) is 6.61 Å². The van der Waals surface area contributed by atoms with Crippen LogP contribution in [0.25, 0.3) is 0 Å². The standard InChI is InChI=1S/C15H23N3O/c1-11-9-18(10-12(11)2)7-8-19-14-5-3-13(4-6-14)15(16)17/h3-6,11-12H,7-10H2,1-2H3,(H3,16,17). The maximum atomic E-state index is 7.33. The molecule has 3 N–H and O–H groups in total. The Morgan fingerprint density at radius 2 is 1.84 bits per heavy atom. The van der Waals surface area contributed by atoms with Crippen LogP contribution in [0.4, 0.5) is 0 Å². The van der Waals surface area contributed by atoms with E-state index in [0.717, 1.165) is 29.7 Å². The third-order valence-electron chi connectivity index (χ3n) is 3.91. The number of amidine groups is 1. The molecule has 2 unspecified atom stereocenters. The van der Waals surface area contributed by atoms with Gasteiger partial charge in [0.2, 0.25) is 0 Å². The van der Waals surface area contributed by atoms with E-state index in [2.05, 4.69) is 18.7 Å². The van der Waals surface area contributed by atoms with Crippen LogP contribution in [0.5, 0.6) is 5.75 Å². The van der Waals surface area contributed by atoms with Gasteiger partial charge in [-0.05, 0) is 36.1 Å². The second kappa shape index (κ2) is 6.06. The zero-order valence-corrected chi connectivity index (χ0v) is 11.7. The van der Waals surface area contributed by atoms with Crippen LogP contribution in [0.2, 0.25) is 0 Å². The molecule has 4 nitrogen and oxygen atoms in total. The lowest BCUT2D eigenvalue weighted by Crippen LogP contribution is -2.26. The number of likely N-dealkylation sites (tertiary alicyclic amines) is 1. The summed E-state index contributed by atoms with van der Waals surface area (Å²) in [6.45, 7) is 8.65. The van der Waals surface area contributed by atoms with Gasteiger partial charge in [-0.2, -0.15) is 0 Å². The molecular weight excluding hydrogens is 238 g/mol. The summed E-state index contributed by atoms with van der Waals surface area (Å²) in [5.41, 5.74) is 6.14. The molecule has 2 rings (SSSR count). The first kappa shape index (κ1) is 13.9. The lowest BCUT2D eigenvalue weighted by atomic mass is 10.0. The van der Waals surface area contributed by atoms with Crippen molar-refractivity contribution in [2.24, 2.45) is 17.6 Å². The molecule has 19 heavy (non-hydrogen) atoms. The number of hydrogen-bond donors (Lipinski definition) is 2. The Morgan fingerprint density at radius 3 is 2.37 bits per heavy atom. The number of nitrogen functional groups attached to an aromatic ring is 1. The Hall–Kier alpha value is -1.55. The Kier molecular flexibility index (Phi) is 4.43. The molecule has 0 aromatic heterocycles. The highest BCUT2D eigenvalue weighted by molar-refractivity contribution is 5.94. The molecule has 1 fully saturated rings. The third-order valence-corrected chi connectivity index (χ3v) is 3.91. The summed E-state index contributed by atoms with van der Waals surface area (Å²) >= 11 is 0. The van der Waals surface area contributed by atoms with Crippen LogP contribution in [0.3, 0.4) is 0 Å². The molecule has 104 valence electrons. The lowest BCUT2D eigenvalue weighted by Gasteiger charge is -2.15. The topological polar surface area (TPSA) is 62.3 Å². The second-order valence-electron chi connectivity index (χ2n) is 5.50. The van der Waals surface area contributed by atoms with E-state index in [1.165, 1.54) is 13.1 Å². The molecule has 1 heterocycles. The van der Waals surface area contributed by atoms with Crippen molar-refractivity contribution >= 4 is 5.84 Å². The molecule has 0 saturated carbocycles. The molecule has 0 spiro atoms. The fourth-order valence-corrected chi connectivity index (χ4v) is 2.45. The van der Waals surface area contributed by atoms with Crippen LogP contribution < -0.4 is 10.5 Å². The van der Waals surface area contributed by atoms with Crippen molar-refractivity contribution in [2.75, 3.05) is 26.2 Å². The molecule has 2 atom stereocenters. The molecule has 1 saturated heterocycles. The summed E-state index contributed by atoms with van der Waals surface area (Å²) < 4.78 is 5.72. The van der Waals surface area contributed by atoms with Crippen molar-refractivity contribution in [1.82, 2.24) is 4.90 Å². The first-order valence-electron chi connectivity index (χ1n) is 6.86. The van der Waals surface area contributed by atoms with E-state index in [4.69, 9.17) is 15.9 Å². The Morgan fingerprint density at radius 1 is 1.26 bits per heavy atom. The molecule has 0 aliphatic carbocycles. The van der Waals surface area contributed by atoms with Gasteiger partial charge in [-0.25, -0.2) is 0 Å². The van der Waals surface area contributed by atoms with Crippen LogP contribution in [-0.2, 0) is 0 Å². The van der Waals surface area contributed by atoms with Crippen molar-refractivity contribution in [1.29, 1.82) is 5.41 Å². The van der Waals surface area contributed by atoms with Gasteiger partial charge in [-0.1, -0.05) is 13.8 Å². The summed E-state index contributed by atoms with van der Waals surface area (Å²) in [6.07, 6.45) is 0. The number of hydrogen-bond acceptors (Lipinski definition) is 3. The van der Waals surface area contributed by atoms with Gasteiger partial charge in [-0.3, -0.25) is 10.3 Å². The highest BCUT2D eigenvalue weighted by atomic mass is 16.5. The van der Waals surface area contributed by atoms with Gasteiger partial charge in [0.25, 0.3) is 0 Å². The highest BCUT2D eigenvalue weighted by Gasteiger charge is 2.25. The van der Waals surface area contributed by atoms with Gasteiger partial charge in [0.1, 0.15) is 18.2 Å². The van der Waals surface area contributed by atoms with Crippen molar-refractivity contribution in [3.8, 4) is 5.75 Å². The van der Waals surface area contributed by atoms with Gasteiger partial charge in [0.05, 0.1) is 0 Å². The SMILES string of the molecule is CC1CN(CCOc2ccc(C(=N)N)cc2)CC1C. The van der Waals surface area contributed by atoms with E-state index < -0.39 is 0 Å². The summed E-state index contributed by atoms with van der Waals surface area (Å²) in [6, 6.07) is 7.37. The van der Waals surface area contributed by atoms with Gasteiger partial charge >= 0.3 is 0 Å². The summed E-state index contributed by atoms with van der Waals surface area (Å²) in [4.78, 5) is 2.46. The predicted octanol–water partition coefficient (Wildman–Crippen LogP) is 1.94. The molecule has 1 aliphatic rings. The van der Waals surface area contributed by atoms with Crippen LogP contribution in [0.1, 0.15) is 19.4 Å². The first-order valence-corrected chi connectivity index (χ1v) is 6.86. The summed E-state index contributed by atoms with van der Waals surface area (Å²) in [7, 11) is 0. The van der Waals surface area contributed by atoms with Crippen molar-refractivity contribution in [3.05, 3.63) is 29.8 Å². The van der Waals surface area contributed by atoms with Gasteiger partial charge in [0, 0.05) is 25.2 Å². The lowest BCUT2D eigenvalue weighted by molar-refractivity contribution is 0.232. The molecule has 0 radical (unpaired) electrons. The van der Waals surface area contributed by atoms with E-state index in [1.807, 2.05) is 24.3 Å². The molecule has 1 aromatic rings. The van der Waals surface area contributed by atoms with E-state index in [-0.39, 0.29) is 5.84 Å². The molecule has 0 amide bonds. The number of nitrogens with two attached hydrogens (primary N) is 1. The minimum atomic E-state index is 0.0894. The van der Waals surface area contributed by atoms with Crippen LogP contribution in [0.15, 0.2) is 24.3 Å². The van der Waals surface area contributed by atoms with Crippen LogP contribution >= 0.6 is 0 Å². The first-order chi connectivity index (χ1) is 9.06. The maximum Gasteiger partial charge on any atom is 0.122 e. The number of rotatable bonds is 5. The average molecular weight is 261 g/mol. The Bertz CT molecular complexity index is 420. The largest absolute Gasteiger partial charge is 0.492 e. The van der Waals surface area contributed by atoms with E-state index >= 15 is 0 Å². The van der Waals surface area contributed by atoms with Gasteiger partial charge < -0.3 is 10.5 Å². The zero-order valence-electron chi connectivity index (χ0n) is 11.7. The molecule has 4 heteroatoms. The monoisotopic (exact) mass is 261 g/mol. The molecule has 1 aliphatic heterocycles. The van der Waals surface area contributed by atoms with Crippen molar-refractivity contribution < 1.29 is 4.74 Å².